The first-order valence-electron chi connectivity index (χ1n) is 14.3. The predicted molar refractivity (Wildman–Crippen MR) is 160 cm³/mol. The van der Waals surface area contributed by atoms with E-state index in [1.807, 2.05) is 4.90 Å². The molecule has 0 saturated carbocycles. The number of aromatic nitrogens is 2. The second-order valence-corrected chi connectivity index (χ2v) is 13.6. The molecule has 1 aliphatic heterocycles. The molecule has 44 heavy (non-hydrogen) atoms. The molecular weight excluding hydrogens is 598 g/mol. The highest BCUT2D eigenvalue weighted by molar-refractivity contribution is 7.92. The lowest BCUT2D eigenvalue weighted by atomic mass is 10.0. The molecule has 11 nitrogen and oxygen atoms in total. The summed E-state index contributed by atoms with van der Waals surface area (Å²) in [6.45, 7) is 2.83. The number of amides is 1. The third-order valence-electron chi connectivity index (χ3n) is 7.97. The quantitative estimate of drug-likeness (QED) is 0.281. The van der Waals surface area contributed by atoms with Crippen molar-refractivity contribution in [3.05, 3.63) is 64.2 Å². The van der Waals surface area contributed by atoms with Crippen molar-refractivity contribution in [1.82, 2.24) is 19.9 Å². The first kappa shape index (κ1) is 33.6. The van der Waals surface area contributed by atoms with Crippen LogP contribution in [-0.4, -0.2) is 80.0 Å². The molecule has 4 rings (SSSR count). The number of carbonyl (C=O) groups excluding carboxylic acids is 1. The van der Waals surface area contributed by atoms with Gasteiger partial charge in [0.05, 0.1) is 23.8 Å². The highest BCUT2D eigenvalue weighted by Crippen LogP contribution is 2.29. The molecule has 240 valence electrons. The van der Waals surface area contributed by atoms with Gasteiger partial charge in [-0.15, -0.1) is 0 Å². The van der Waals surface area contributed by atoms with Crippen LogP contribution in [0.5, 0.6) is 0 Å². The van der Waals surface area contributed by atoms with Crippen molar-refractivity contribution in [2.24, 2.45) is 0 Å². The van der Waals surface area contributed by atoms with Crippen molar-refractivity contribution in [3.8, 4) is 11.1 Å². The van der Waals surface area contributed by atoms with Gasteiger partial charge >= 0.3 is 0 Å². The number of nitrogens with one attached hydrogen (secondary N) is 1. The minimum atomic E-state index is -3.94. The van der Waals surface area contributed by atoms with Gasteiger partial charge in [-0.25, -0.2) is 32.5 Å². The third kappa shape index (κ3) is 7.49. The second kappa shape index (κ2) is 14.2. The smallest absolute Gasteiger partial charge is 0.264 e. The van der Waals surface area contributed by atoms with Crippen LogP contribution in [0.1, 0.15) is 38.2 Å². The number of rotatable bonds is 13. The number of nitrogens with zero attached hydrogens (tertiary/aromatic N) is 3. The molecule has 0 aliphatic carbocycles. The molecule has 1 amide bonds. The van der Waals surface area contributed by atoms with E-state index < -0.39 is 44.0 Å². The fourth-order valence-corrected chi connectivity index (χ4v) is 5.71. The third-order valence-corrected chi connectivity index (χ3v) is 9.99. The molecule has 2 atom stereocenters. The molecule has 14 heteroatoms. The summed E-state index contributed by atoms with van der Waals surface area (Å²) < 4.78 is 65.2. The van der Waals surface area contributed by atoms with Crippen LogP contribution >= 0.6 is 0 Å². The Balaban J connectivity index is 1.52. The van der Waals surface area contributed by atoms with Gasteiger partial charge in [0.1, 0.15) is 0 Å². The number of aryl methyl sites for hydroxylation is 1. The molecule has 2 aromatic carbocycles. The van der Waals surface area contributed by atoms with Crippen LogP contribution in [0, 0.1) is 11.6 Å². The molecule has 1 N–H and O–H groups in total. The van der Waals surface area contributed by atoms with E-state index in [4.69, 9.17) is 14.3 Å². The van der Waals surface area contributed by atoms with Crippen LogP contribution in [-0.2, 0) is 42.0 Å². The van der Waals surface area contributed by atoms with Crippen molar-refractivity contribution in [1.29, 1.82) is 0 Å². The van der Waals surface area contributed by atoms with Crippen molar-refractivity contribution in [2.75, 3.05) is 40.2 Å². The SMILES string of the molecule is COCCN(C)Cc1ccc(-c2ccc3c(=O)n(CC[C@](C)(C(=O)NOC4CCCCO4)S(C)(=O)=O)cnc3c2)c(F)c1F. The Hall–Kier alpha value is -3.30. The van der Waals surface area contributed by atoms with Gasteiger partial charge in [-0.3, -0.25) is 19.1 Å². The number of likely N-dealkylation sites (N-methyl/N-ethyl adjacent to an activating group) is 1. The molecule has 1 unspecified atom stereocenters. The predicted octanol–water partition coefficient (Wildman–Crippen LogP) is 3.19. The summed E-state index contributed by atoms with van der Waals surface area (Å²) in [6.07, 6.45) is 3.57. The van der Waals surface area contributed by atoms with E-state index in [2.05, 4.69) is 10.5 Å². The second-order valence-electron chi connectivity index (χ2n) is 11.2. The summed E-state index contributed by atoms with van der Waals surface area (Å²) in [5, 5.41) is 0.191. The van der Waals surface area contributed by atoms with Crippen molar-refractivity contribution in [3.63, 3.8) is 0 Å². The Morgan fingerprint density at radius 1 is 1.23 bits per heavy atom. The van der Waals surface area contributed by atoms with Gasteiger partial charge in [-0.2, -0.15) is 0 Å². The largest absolute Gasteiger partial charge is 0.383 e. The Morgan fingerprint density at radius 2 is 2.00 bits per heavy atom. The Labute approximate surface area is 255 Å². The van der Waals surface area contributed by atoms with E-state index in [0.717, 1.165) is 19.1 Å². The molecular formula is C30H38F2N4O7S. The molecule has 1 fully saturated rings. The number of halogens is 2. The molecule has 0 spiro atoms. The number of ether oxygens (including phenoxy) is 2. The molecule has 1 aromatic heterocycles. The average Bonchev–Trinajstić information content (AvgIpc) is 3.00. The minimum Gasteiger partial charge on any atom is -0.383 e. The number of sulfone groups is 1. The monoisotopic (exact) mass is 636 g/mol. The number of methoxy groups -OCH3 is 1. The van der Waals surface area contributed by atoms with Crippen LogP contribution in [0.15, 0.2) is 41.5 Å². The number of benzene rings is 2. The van der Waals surface area contributed by atoms with Gasteiger partial charge in [0.25, 0.3) is 11.5 Å². The van der Waals surface area contributed by atoms with Gasteiger partial charge in [0.2, 0.25) is 0 Å². The molecule has 2 heterocycles. The summed E-state index contributed by atoms with van der Waals surface area (Å²) in [4.78, 5) is 37.7. The number of carbonyl (C=O) groups is 1. The molecule has 1 saturated heterocycles. The summed E-state index contributed by atoms with van der Waals surface area (Å²) in [5.41, 5.74) is 2.55. The maximum absolute atomic E-state index is 15.1. The van der Waals surface area contributed by atoms with Crippen LogP contribution in [0.2, 0.25) is 0 Å². The van der Waals surface area contributed by atoms with E-state index >= 15 is 4.39 Å². The summed E-state index contributed by atoms with van der Waals surface area (Å²) >= 11 is 0. The fraction of sp³-hybridized carbons (Fsp3) is 0.500. The van der Waals surface area contributed by atoms with Gasteiger partial charge in [0, 0.05) is 57.2 Å². The number of hydrogen-bond donors (Lipinski definition) is 1. The zero-order chi connectivity index (χ0) is 32.1. The van der Waals surface area contributed by atoms with Crippen LogP contribution in [0.3, 0.4) is 0 Å². The average molecular weight is 637 g/mol. The van der Waals surface area contributed by atoms with Crippen molar-refractivity contribution >= 4 is 26.6 Å². The van der Waals surface area contributed by atoms with Crippen molar-refractivity contribution in [2.45, 2.75) is 56.7 Å². The lowest BCUT2D eigenvalue weighted by Crippen LogP contribution is -2.51. The zero-order valence-electron chi connectivity index (χ0n) is 25.3. The Morgan fingerprint density at radius 3 is 2.68 bits per heavy atom. The molecule has 3 aromatic rings. The van der Waals surface area contributed by atoms with Gasteiger partial charge in [-0.05, 0) is 50.9 Å². The zero-order valence-corrected chi connectivity index (χ0v) is 26.1. The summed E-state index contributed by atoms with van der Waals surface area (Å²) in [6, 6.07) is 7.45. The number of hydroxylamine groups is 1. The van der Waals surface area contributed by atoms with Gasteiger partial charge < -0.3 is 9.47 Å². The molecule has 1 aliphatic rings. The fourth-order valence-electron chi connectivity index (χ4n) is 4.87. The van der Waals surface area contributed by atoms with Gasteiger partial charge in [0.15, 0.2) is 32.5 Å². The molecule has 0 radical (unpaired) electrons. The van der Waals surface area contributed by atoms with Crippen molar-refractivity contribution < 1.29 is 36.3 Å². The first-order chi connectivity index (χ1) is 20.9. The maximum atomic E-state index is 15.1. The van der Waals surface area contributed by atoms with Crippen LogP contribution in [0.4, 0.5) is 8.78 Å². The van der Waals surface area contributed by atoms with E-state index in [0.29, 0.717) is 31.7 Å². The van der Waals surface area contributed by atoms with E-state index in [1.54, 1.807) is 14.2 Å². The van der Waals surface area contributed by atoms with E-state index in [-0.39, 0.29) is 41.5 Å². The summed E-state index contributed by atoms with van der Waals surface area (Å²) in [5.74, 6) is -2.83. The normalized spacial score (nSPS) is 17.1. The highest BCUT2D eigenvalue weighted by Gasteiger charge is 2.44. The summed E-state index contributed by atoms with van der Waals surface area (Å²) in [7, 11) is -0.594. The van der Waals surface area contributed by atoms with Crippen LogP contribution in [0.25, 0.3) is 22.0 Å². The molecule has 0 bridgehead atoms. The maximum Gasteiger partial charge on any atom is 0.264 e. The number of fused-ring (bicyclic) bond motifs is 1. The lowest BCUT2D eigenvalue weighted by Gasteiger charge is -2.28. The van der Waals surface area contributed by atoms with Crippen LogP contribution < -0.4 is 11.0 Å². The Bertz CT molecular complexity index is 1660. The standard InChI is InChI=1S/C30H38F2N4O7S/c1-30(44(4,39)40,29(38)34-43-25-7-5-6-15-42-25)12-13-36-19-33-24-17-20(8-11-23(24)28(36)37)22-10-9-21(26(31)27(22)32)18-35(2)14-16-41-3/h8-11,17,19,25H,5-7,12-16,18H2,1-4H3,(H,34,38)/t25?,30-/m1/s1. The van der Waals surface area contributed by atoms with E-state index in [1.165, 1.54) is 48.1 Å². The van der Waals surface area contributed by atoms with Gasteiger partial charge in [-0.1, -0.05) is 18.2 Å². The first-order valence-corrected chi connectivity index (χ1v) is 16.2. The number of hydrogen-bond acceptors (Lipinski definition) is 9. The Kier molecular flexibility index (Phi) is 10.8. The minimum absolute atomic E-state index is 0.0226. The lowest BCUT2D eigenvalue weighted by molar-refractivity contribution is -0.201. The topological polar surface area (TPSA) is 129 Å². The van der Waals surface area contributed by atoms with E-state index in [9.17, 15) is 22.4 Å². The highest BCUT2D eigenvalue weighted by atomic mass is 32.2.